The number of likely N-dealkylation sites (N-methyl/N-ethyl adjacent to an activating group) is 1. The molecule has 1 saturated heterocycles. The van der Waals surface area contributed by atoms with Crippen LogP contribution in [0.3, 0.4) is 0 Å². The summed E-state index contributed by atoms with van der Waals surface area (Å²) in [7, 11) is 2.16. The minimum Gasteiger partial charge on any atom is -0.315 e. The Hall–Kier alpha value is -0.120. The fraction of sp³-hybridized carbons (Fsp3) is 1.00. The van der Waals surface area contributed by atoms with Gasteiger partial charge in [-0.2, -0.15) is 0 Å². The Bertz CT molecular complexity index is 261. The molecule has 0 aromatic carbocycles. The molecule has 3 heteroatoms. The Morgan fingerprint density at radius 2 is 1.65 bits per heavy atom. The van der Waals surface area contributed by atoms with Crippen molar-refractivity contribution < 1.29 is 0 Å². The smallest absolute Gasteiger partial charge is 0.0250 e. The van der Waals surface area contributed by atoms with E-state index in [9.17, 15) is 0 Å². The van der Waals surface area contributed by atoms with E-state index in [-0.39, 0.29) is 0 Å². The van der Waals surface area contributed by atoms with Gasteiger partial charge < -0.3 is 5.32 Å². The molecule has 20 heavy (non-hydrogen) atoms. The molecule has 0 radical (unpaired) electrons. The number of nitrogens with one attached hydrogen (secondary N) is 1. The summed E-state index contributed by atoms with van der Waals surface area (Å²) >= 11 is 0. The van der Waals surface area contributed by atoms with Crippen LogP contribution in [0.15, 0.2) is 0 Å². The molecule has 2 fully saturated rings. The summed E-state index contributed by atoms with van der Waals surface area (Å²) in [5.74, 6) is 0. The summed E-state index contributed by atoms with van der Waals surface area (Å²) in [6, 6.07) is 2.25. The van der Waals surface area contributed by atoms with Crippen LogP contribution in [-0.4, -0.2) is 61.2 Å². The van der Waals surface area contributed by atoms with Crippen molar-refractivity contribution >= 4 is 0 Å². The maximum absolute atomic E-state index is 3.61. The van der Waals surface area contributed by atoms with Gasteiger partial charge in [-0.25, -0.2) is 0 Å². The van der Waals surface area contributed by atoms with Gasteiger partial charge in [-0.15, -0.1) is 0 Å². The lowest BCUT2D eigenvalue weighted by Gasteiger charge is -2.44. The van der Waals surface area contributed by atoms with E-state index >= 15 is 0 Å². The minimum atomic E-state index is 0.713. The first kappa shape index (κ1) is 16.3. The molecule has 118 valence electrons. The van der Waals surface area contributed by atoms with Crippen molar-refractivity contribution in [2.75, 3.05) is 33.2 Å². The molecule has 0 aromatic rings. The van der Waals surface area contributed by atoms with Crippen LogP contribution in [-0.2, 0) is 0 Å². The van der Waals surface area contributed by atoms with Crippen molar-refractivity contribution in [3.63, 3.8) is 0 Å². The predicted octanol–water partition coefficient (Wildman–Crippen LogP) is 2.71. The lowest BCUT2D eigenvalue weighted by atomic mass is 9.90. The molecule has 3 atom stereocenters. The molecular weight excluding hydrogens is 246 g/mol. The second-order valence-corrected chi connectivity index (χ2v) is 6.78. The summed E-state index contributed by atoms with van der Waals surface area (Å²) in [4.78, 5) is 5.46. The van der Waals surface area contributed by atoms with Gasteiger partial charge in [0.25, 0.3) is 0 Å². The third kappa shape index (κ3) is 4.19. The molecule has 2 aliphatic rings. The second kappa shape index (κ2) is 8.35. The predicted molar refractivity (Wildman–Crippen MR) is 87.2 cm³/mol. The van der Waals surface area contributed by atoms with E-state index in [1.165, 1.54) is 71.1 Å². The zero-order valence-electron chi connectivity index (χ0n) is 13.9. The van der Waals surface area contributed by atoms with E-state index in [0.29, 0.717) is 6.04 Å². The first-order chi connectivity index (χ1) is 9.76. The van der Waals surface area contributed by atoms with Crippen molar-refractivity contribution in [1.29, 1.82) is 0 Å². The van der Waals surface area contributed by atoms with Crippen molar-refractivity contribution in [3.05, 3.63) is 0 Å². The van der Waals surface area contributed by atoms with E-state index in [0.717, 1.165) is 12.1 Å². The highest BCUT2D eigenvalue weighted by Gasteiger charge is 2.30. The maximum Gasteiger partial charge on any atom is 0.0250 e. The molecule has 0 amide bonds. The molecule has 1 N–H and O–H groups in total. The topological polar surface area (TPSA) is 18.5 Å². The zero-order valence-corrected chi connectivity index (χ0v) is 13.9. The van der Waals surface area contributed by atoms with Crippen LogP contribution < -0.4 is 5.32 Å². The van der Waals surface area contributed by atoms with E-state index in [1.807, 2.05) is 0 Å². The monoisotopic (exact) mass is 281 g/mol. The summed E-state index contributed by atoms with van der Waals surface area (Å²) in [5, 5.41) is 3.61. The third-order valence-corrected chi connectivity index (χ3v) is 5.63. The van der Waals surface area contributed by atoms with E-state index in [2.05, 4.69) is 36.0 Å². The van der Waals surface area contributed by atoms with E-state index in [4.69, 9.17) is 0 Å². The number of hydrogen-bond acceptors (Lipinski definition) is 3. The van der Waals surface area contributed by atoms with Gasteiger partial charge in [0, 0.05) is 44.3 Å². The summed E-state index contributed by atoms with van der Waals surface area (Å²) < 4.78 is 0. The highest BCUT2D eigenvalue weighted by atomic mass is 15.3. The molecule has 3 unspecified atom stereocenters. The van der Waals surface area contributed by atoms with Crippen LogP contribution in [0.4, 0.5) is 0 Å². The SMILES string of the molecule is CCC(C)N1CCN(C2CCCCCCC2NC)CC1. The van der Waals surface area contributed by atoms with Crippen LogP contribution in [0.2, 0.25) is 0 Å². The fourth-order valence-electron chi connectivity index (χ4n) is 4.01. The quantitative estimate of drug-likeness (QED) is 0.855. The Balaban J connectivity index is 1.89. The Morgan fingerprint density at radius 3 is 2.25 bits per heavy atom. The number of nitrogens with zero attached hydrogens (tertiary/aromatic N) is 2. The third-order valence-electron chi connectivity index (χ3n) is 5.63. The van der Waals surface area contributed by atoms with Gasteiger partial charge in [0.05, 0.1) is 0 Å². The average Bonchev–Trinajstić information content (AvgIpc) is 2.47. The highest BCUT2D eigenvalue weighted by Crippen LogP contribution is 2.23. The summed E-state index contributed by atoms with van der Waals surface area (Å²) in [6.07, 6.45) is 9.76. The molecule has 1 saturated carbocycles. The normalized spacial score (nSPS) is 32.5. The molecule has 1 aliphatic carbocycles. The maximum atomic E-state index is 3.61. The lowest BCUT2D eigenvalue weighted by Crippen LogP contribution is -2.57. The zero-order chi connectivity index (χ0) is 14.4. The number of piperazine rings is 1. The number of rotatable bonds is 4. The Kier molecular flexibility index (Phi) is 6.79. The van der Waals surface area contributed by atoms with Crippen LogP contribution in [0, 0.1) is 0 Å². The van der Waals surface area contributed by atoms with Gasteiger partial charge >= 0.3 is 0 Å². The Morgan fingerprint density at radius 1 is 1.00 bits per heavy atom. The van der Waals surface area contributed by atoms with Crippen LogP contribution >= 0.6 is 0 Å². The van der Waals surface area contributed by atoms with Crippen molar-refractivity contribution in [1.82, 2.24) is 15.1 Å². The van der Waals surface area contributed by atoms with Gasteiger partial charge in [-0.3, -0.25) is 9.80 Å². The average molecular weight is 281 g/mol. The molecule has 0 aromatic heterocycles. The molecule has 2 rings (SSSR count). The molecule has 0 spiro atoms. The van der Waals surface area contributed by atoms with E-state index in [1.54, 1.807) is 0 Å². The lowest BCUT2D eigenvalue weighted by molar-refractivity contribution is 0.0520. The van der Waals surface area contributed by atoms with Crippen LogP contribution in [0.5, 0.6) is 0 Å². The molecular formula is C17H35N3. The fourth-order valence-corrected chi connectivity index (χ4v) is 4.01. The second-order valence-electron chi connectivity index (χ2n) is 6.78. The van der Waals surface area contributed by atoms with Gasteiger partial charge in [0.2, 0.25) is 0 Å². The summed E-state index contributed by atoms with van der Waals surface area (Å²) in [6.45, 7) is 9.76. The molecule has 3 nitrogen and oxygen atoms in total. The minimum absolute atomic E-state index is 0.713. The Labute approximate surface area is 126 Å². The molecule has 1 aliphatic heterocycles. The van der Waals surface area contributed by atoms with Crippen LogP contribution in [0.1, 0.15) is 58.8 Å². The van der Waals surface area contributed by atoms with Gasteiger partial charge in [0.1, 0.15) is 0 Å². The number of hydrogen-bond donors (Lipinski definition) is 1. The van der Waals surface area contributed by atoms with Crippen LogP contribution in [0.25, 0.3) is 0 Å². The standard InChI is InChI=1S/C17H35N3/c1-4-15(2)19-11-13-20(14-12-19)17-10-8-6-5-7-9-16(17)18-3/h15-18H,4-14H2,1-3H3. The van der Waals surface area contributed by atoms with E-state index < -0.39 is 0 Å². The highest BCUT2D eigenvalue weighted by molar-refractivity contribution is 4.88. The van der Waals surface area contributed by atoms with Gasteiger partial charge in [-0.1, -0.05) is 32.6 Å². The van der Waals surface area contributed by atoms with Gasteiger partial charge in [0.15, 0.2) is 0 Å². The summed E-state index contributed by atoms with van der Waals surface area (Å²) in [5.41, 5.74) is 0. The molecule has 0 bridgehead atoms. The van der Waals surface area contributed by atoms with Crippen molar-refractivity contribution in [3.8, 4) is 0 Å². The van der Waals surface area contributed by atoms with Gasteiger partial charge in [-0.05, 0) is 33.2 Å². The first-order valence-corrected chi connectivity index (χ1v) is 8.91. The largest absolute Gasteiger partial charge is 0.315 e. The van der Waals surface area contributed by atoms with Crippen molar-refractivity contribution in [2.24, 2.45) is 0 Å². The van der Waals surface area contributed by atoms with Crippen molar-refractivity contribution in [2.45, 2.75) is 76.9 Å². The molecule has 1 heterocycles. The first-order valence-electron chi connectivity index (χ1n) is 8.91.